The first-order valence-corrected chi connectivity index (χ1v) is 8.71. The number of likely N-dealkylation sites (tertiary alicyclic amines) is 1. The van der Waals surface area contributed by atoms with Crippen molar-refractivity contribution < 1.29 is 9.53 Å². The number of para-hydroxylation sites is 1. The summed E-state index contributed by atoms with van der Waals surface area (Å²) in [5.41, 5.74) is 1.50. The van der Waals surface area contributed by atoms with Crippen molar-refractivity contribution in [2.45, 2.75) is 45.3 Å². The van der Waals surface area contributed by atoms with Crippen molar-refractivity contribution in [2.24, 2.45) is 0 Å². The molecule has 0 aliphatic carbocycles. The van der Waals surface area contributed by atoms with E-state index in [1.54, 1.807) is 6.20 Å². The number of nitrogens with zero attached hydrogens (tertiary/aromatic N) is 2. The van der Waals surface area contributed by atoms with Crippen molar-refractivity contribution in [3.8, 4) is 0 Å². The molecular formula is C20H25N3O2. The van der Waals surface area contributed by atoms with E-state index in [2.05, 4.69) is 10.3 Å². The van der Waals surface area contributed by atoms with Crippen LogP contribution in [0.25, 0.3) is 0 Å². The predicted molar refractivity (Wildman–Crippen MR) is 98.9 cm³/mol. The third-order valence-electron chi connectivity index (χ3n) is 4.12. The molecule has 5 nitrogen and oxygen atoms in total. The van der Waals surface area contributed by atoms with Crippen molar-refractivity contribution in [2.75, 3.05) is 11.9 Å². The highest BCUT2D eigenvalue weighted by Crippen LogP contribution is 2.36. The molecule has 1 aliphatic heterocycles. The van der Waals surface area contributed by atoms with E-state index in [1.165, 1.54) is 0 Å². The fourth-order valence-electron chi connectivity index (χ4n) is 3.08. The Hall–Kier alpha value is -2.56. The molecule has 3 rings (SSSR count). The summed E-state index contributed by atoms with van der Waals surface area (Å²) in [5.74, 6) is 0.786. The number of aromatic nitrogens is 1. The molecule has 1 aromatic heterocycles. The summed E-state index contributed by atoms with van der Waals surface area (Å²) in [5, 5.41) is 3.37. The number of hydrogen-bond acceptors (Lipinski definition) is 4. The van der Waals surface area contributed by atoms with E-state index >= 15 is 0 Å². The number of carbonyl (C=O) groups is 1. The fourth-order valence-corrected chi connectivity index (χ4v) is 3.08. The average Bonchev–Trinajstić information content (AvgIpc) is 3.04. The maximum atomic E-state index is 12.6. The Morgan fingerprint density at radius 3 is 2.68 bits per heavy atom. The highest BCUT2D eigenvalue weighted by Gasteiger charge is 2.34. The van der Waals surface area contributed by atoms with Crippen LogP contribution in [0.4, 0.5) is 16.3 Å². The van der Waals surface area contributed by atoms with Gasteiger partial charge in [0, 0.05) is 24.0 Å². The molecule has 132 valence electrons. The lowest BCUT2D eigenvalue weighted by atomic mass is 10.1. The lowest BCUT2D eigenvalue weighted by Gasteiger charge is -2.29. The van der Waals surface area contributed by atoms with Gasteiger partial charge in [-0.3, -0.25) is 0 Å². The van der Waals surface area contributed by atoms with Gasteiger partial charge in [-0.05, 0) is 51.8 Å². The van der Waals surface area contributed by atoms with Crippen LogP contribution in [-0.4, -0.2) is 28.1 Å². The van der Waals surface area contributed by atoms with Crippen LogP contribution in [0, 0.1) is 0 Å². The molecule has 0 saturated carbocycles. The summed E-state index contributed by atoms with van der Waals surface area (Å²) in [6, 6.07) is 13.9. The van der Waals surface area contributed by atoms with Crippen molar-refractivity contribution in [1.82, 2.24) is 9.88 Å². The molecule has 2 aromatic rings. The van der Waals surface area contributed by atoms with E-state index in [9.17, 15) is 4.79 Å². The average molecular weight is 339 g/mol. The number of pyridine rings is 1. The standard InChI is InChI=1S/C20H25N3O2/c1-20(2,3)25-19(24)23-14-8-12-17(23)16-11-7-13-21-18(16)22-15-9-5-4-6-10-15/h4-7,9-11,13,17H,8,12,14H2,1-3H3,(H,21,22)/t17-/m0/s1. The Morgan fingerprint density at radius 2 is 1.96 bits per heavy atom. The normalized spacial score (nSPS) is 17.4. The molecule has 2 heterocycles. The summed E-state index contributed by atoms with van der Waals surface area (Å²) in [4.78, 5) is 18.9. The molecular weight excluding hydrogens is 314 g/mol. The number of rotatable bonds is 3. The van der Waals surface area contributed by atoms with Gasteiger partial charge in [0.25, 0.3) is 0 Å². The van der Waals surface area contributed by atoms with Gasteiger partial charge in [-0.25, -0.2) is 9.78 Å². The zero-order valence-corrected chi connectivity index (χ0v) is 15.0. The van der Waals surface area contributed by atoms with Crippen LogP contribution in [-0.2, 0) is 4.74 Å². The Balaban J connectivity index is 1.84. The van der Waals surface area contributed by atoms with Crippen LogP contribution in [0.15, 0.2) is 48.7 Å². The minimum Gasteiger partial charge on any atom is -0.444 e. The molecule has 0 spiro atoms. The first-order valence-electron chi connectivity index (χ1n) is 8.71. The second kappa shape index (κ2) is 7.13. The maximum absolute atomic E-state index is 12.6. The first-order chi connectivity index (χ1) is 11.9. The Bertz CT molecular complexity index is 725. The molecule has 5 heteroatoms. The molecule has 1 saturated heterocycles. The highest BCUT2D eigenvalue weighted by atomic mass is 16.6. The molecule has 1 aliphatic rings. The highest BCUT2D eigenvalue weighted by molar-refractivity contribution is 5.70. The fraction of sp³-hybridized carbons (Fsp3) is 0.400. The second-order valence-electron chi connectivity index (χ2n) is 7.26. The largest absolute Gasteiger partial charge is 0.444 e. The number of anilines is 2. The van der Waals surface area contributed by atoms with Crippen LogP contribution in [0.3, 0.4) is 0 Å². The number of ether oxygens (including phenoxy) is 1. The predicted octanol–water partition coefficient (Wildman–Crippen LogP) is 4.90. The molecule has 1 aromatic carbocycles. The third-order valence-corrected chi connectivity index (χ3v) is 4.12. The Morgan fingerprint density at radius 1 is 1.20 bits per heavy atom. The maximum Gasteiger partial charge on any atom is 0.410 e. The lowest BCUT2D eigenvalue weighted by molar-refractivity contribution is 0.0225. The van der Waals surface area contributed by atoms with Crippen LogP contribution >= 0.6 is 0 Å². The van der Waals surface area contributed by atoms with Gasteiger partial charge < -0.3 is 15.0 Å². The van der Waals surface area contributed by atoms with E-state index in [4.69, 9.17) is 4.74 Å². The van der Waals surface area contributed by atoms with E-state index in [0.717, 1.165) is 29.9 Å². The molecule has 1 atom stereocenters. The van der Waals surface area contributed by atoms with Crippen LogP contribution in [0.1, 0.15) is 45.2 Å². The summed E-state index contributed by atoms with van der Waals surface area (Å²) in [6.07, 6.45) is 3.38. The van der Waals surface area contributed by atoms with Gasteiger partial charge in [0.1, 0.15) is 11.4 Å². The molecule has 0 bridgehead atoms. The zero-order chi connectivity index (χ0) is 17.9. The van der Waals surface area contributed by atoms with Crippen molar-refractivity contribution in [1.29, 1.82) is 0 Å². The summed E-state index contributed by atoms with van der Waals surface area (Å²) < 4.78 is 5.58. The second-order valence-corrected chi connectivity index (χ2v) is 7.26. The van der Waals surface area contributed by atoms with Gasteiger partial charge in [-0.1, -0.05) is 24.3 Å². The monoisotopic (exact) mass is 339 g/mol. The van der Waals surface area contributed by atoms with Crippen molar-refractivity contribution in [3.63, 3.8) is 0 Å². The number of amides is 1. The Labute approximate surface area is 149 Å². The van der Waals surface area contributed by atoms with Gasteiger partial charge in [-0.2, -0.15) is 0 Å². The SMILES string of the molecule is CC(C)(C)OC(=O)N1CCC[C@H]1c1cccnc1Nc1ccccc1. The van der Waals surface area contributed by atoms with Crippen molar-refractivity contribution >= 4 is 17.6 Å². The van der Waals surface area contributed by atoms with Gasteiger partial charge in [-0.15, -0.1) is 0 Å². The van der Waals surface area contributed by atoms with E-state index in [1.807, 2.05) is 68.1 Å². The van der Waals surface area contributed by atoms with Gasteiger partial charge in [0.15, 0.2) is 0 Å². The number of nitrogens with one attached hydrogen (secondary N) is 1. The lowest BCUT2D eigenvalue weighted by Crippen LogP contribution is -2.36. The summed E-state index contributed by atoms with van der Waals surface area (Å²) in [7, 11) is 0. The molecule has 1 fully saturated rings. The zero-order valence-electron chi connectivity index (χ0n) is 15.0. The smallest absolute Gasteiger partial charge is 0.410 e. The molecule has 0 radical (unpaired) electrons. The number of hydrogen-bond donors (Lipinski definition) is 1. The molecule has 25 heavy (non-hydrogen) atoms. The van der Waals surface area contributed by atoms with Gasteiger partial charge in [0.2, 0.25) is 0 Å². The van der Waals surface area contributed by atoms with E-state index in [-0.39, 0.29) is 12.1 Å². The molecule has 1 N–H and O–H groups in total. The first kappa shape index (κ1) is 17.3. The van der Waals surface area contributed by atoms with Gasteiger partial charge in [0.05, 0.1) is 6.04 Å². The topological polar surface area (TPSA) is 54.5 Å². The summed E-state index contributed by atoms with van der Waals surface area (Å²) >= 11 is 0. The van der Waals surface area contributed by atoms with Crippen LogP contribution < -0.4 is 5.32 Å². The number of benzene rings is 1. The van der Waals surface area contributed by atoms with Crippen molar-refractivity contribution in [3.05, 3.63) is 54.2 Å². The van der Waals surface area contributed by atoms with Gasteiger partial charge >= 0.3 is 6.09 Å². The molecule has 0 unspecified atom stereocenters. The van der Waals surface area contributed by atoms with E-state index < -0.39 is 5.60 Å². The van der Waals surface area contributed by atoms with Crippen LogP contribution in [0.5, 0.6) is 0 Å². The number of carbonyl (C=O) groups excluding carboxylic acids is 1. The Kier molecular flexibility index (Phi) is 4.93. The van der Waals surface area contributed by atoms with Crippen LogP contribution in [0.2, 0.25) is 0 Å². The summed E-state index contributed by atoms with van der Waals surface area (Å²) in [6.45, 7) is 6.38. The minimum atomic E-state index is -0.496. The molecule has 1 amide bonds. The van der Waals surface area contributed by atoms with E-state index in [0.29, 0.717) is 6.54 Å². The third kappa shape index (κ3) is 4.29. The quantitative estimate of drug-likeness (QED) is 0.864. The minimum absolute atomic E-state index is 0.0187.